The fourth-order valence-corrected chi connectivity index (χ4v) is 4.12. The predicted octanol–water partition coefficient (Wildman–Crippen LogP) is 5.26. The van der Waals surface area contributed by atoms with Gasteiger partial charge in [0.2, 0.25) is 11.8 Å². The van der Waals surface area contributed by atoms with Gasteiger partial charge in [-0.1, -0.05) is 41.4 Å². The van der Waals surface area contributed by atoms with E-state index >= 15 is 0 Å². The third-order valence-corrected chi connectivity index (χ3v) is 6.06. The molecule has 0 fully saturated rings. The first kappa shape index (κ1) is 22.8. The number of hydrogen-bond acceptors (Lipinski definition) is 4. The van der Waals surface area contributed by atoms with E-state index in [2.05, 4.69) is 24.4 Å². The highest BCUT2D eigenvalue weighted by Crippen LogP contribution is 2.31. The number of rotatable bonds is 7. The van der Waals surface area contributed by atoms with Gasteiger partial charge in [-0.2, -0.15) is 10.1 Å². The molecule has 4 rings (SSSR count). The van der Waals surface area contributed by atoms with Crippen LogP contribution in [0.25, 0.3) is 16.7 Å². The second-order valence-electron chi connectivity index (χ2n) is 8.16. The average molecular weight is 463 g/mol. The summed E-state index contributed by atoms with van der Waals surface area (Å²) in [6, 6.07) is 15.6. The highest BCUT2D eigenvalue weighted by molar-refractivity contribution is 6.30. The number of carbonyl (C=O) groups is 1. The molecule has 4 aromatic rings. The maximum atomic E-state index is 12.5. The summed E-state index contributed by atoms with van der Waals surface area (Å²) >= 11 is 5.92. The smallest absolute Gasteiger partial charge is 0.220 e. The summed E-state index contributed by atoms with van der Waals surface area (Å²) in [5.41, 5.74) is 6.75. The number of ether oxygens (including phenoxy) is 1. The summed E-state index contributed by atoms with van der Waals surface area (Å²) in [5, 5.41) is 9.38. The molecule has 0 bridgehead atoms. The molecule has 0 radical (unpaired) electrons. The Balaban J connectivity index is 1.57. The zero-order chi connectivity index (χ0) is 23.5. The number of amides is 1. The van der Waals surface area contributed by atoms with Crippen LogP contribution >= 0.6 is 11.6 Å². The Morgan fingerprint density at radius 3 is 2.42 bits per heavy atom. The molecular formula is C26H27ClN4O2. The largest absolute Gasteiger partial charge is 0.481 e. The van der Waals surface area contributed by atoms with Crippen LogP contribution < -0.4 is 10.1 Å². The van der Waals surface area contributed by atoms with E-state index in [0.717, 1.165) is 39.1 Å². The van der Waals surface area contributed by atoms with Crippen molar-refractivity contribution in [1.29, 1.82) is 0 Å². The third kappa shape index (κ3) is 4.86. The molecule has 0 saturated heterocycles. The molecule has 0 unspecified atom stereocenters. The minimum Gasteiger partial charge on any atom is -0.481 e. The van der Waals surface area contributed by atoms with Gasteiger partial charge < -0.3 is 10.1 Å². The monoisotopic (exact) mass is 462 g/mol. The van der Waals surface area contributed by atoms with Crippen molar-refractivity contribution >= 4 is 28.5 Å². The molecule has 7 heteroatoms. The molecule has 0 atom stereocenters. The van der Waals surface area contributed by atoms with Crippen LogP contribution in [-0.4, -0.2) is 27.8 Å². The SMILES string of the molecule is COc1nc2c(c(C)nn2-c2ccc(C)cc2)c(C)c1CCC(=O)NCc1ccc(Cl)cc1. The van der Waals surface area contributed by atoms with Gasteiger partial charge >= 0.3 is 0 Å². The standard InChI is InChI=1S/C26H27ClN4O2/c1-16-5-11-21(12-6-16)31-25-24(18(3)30-31)17(2)22(26(29-25)33-4)13-14-23(32)28-15-19-7-9-20(27)10-8-19/h5-12H,13-15H2,1-4H3,(H,28,32). The molecule has 2 aromatic heterocycles. The first-order valence-corrected chi connectivity index (χ1v) is 11.3. The van der Waals surface area contributed by atoms with Crippen molar-refractivity contribution in [3.63, 3.8) is 0 Å². The molecule has 2 aromatic carbocycles. The Bertz CT molecular complexity index is 1300. The van der Waals surface area contributed by atoms with E-state index in [1.165, 1.54) is 5.56 Å². The maximum absolute atomic E-state index is 12.5. The highest BCUT2D eigenvalue weighted by Gasteiger charge is 2.20. The molecule has 0 saturated carbocycles. The molecule has 6 nitrogen and oxygen atoms in total. The molecule has 2 heterocycles. The number of methoxy groups -OCH3 is 1. The van der Waals surface area contributed by atoms with Crippen LogP contribution in [0.4, 0.5) is 0 Å². The fraction of sp³-hybridized carbons (Fsp3) is 0.269. The first-order chi connectivity index (χ1) is 15.9. The number of aryl methyl sites for hydroxylation is 3. The van der Waals surface area contributed by atoms with Gasteiger partial charge in [0, 0.05) is 28.9 Å². The molecule has 0 aliphatic rings. The number of pyridine rings is 1. The van der Waals surface area contributed by atoms with Gasteiger partial charge in [0.05, 0.1) is 18.5 Å². The number of aromatic nitrogens is 3. The van der Waals surface area contributed by atoms with Crippen molar-refractivity contribution in [1.82, 2.24) is 20.1 Å². The van der Waals surface area contributed by atoms with Gasteiger partial charge in [-0.15, -0.1) is 0 Å². The molecule has 170 valence electrons. The van der Waals surface area contributed by atoms with E-state index in [1.54, 1.807) is 7.11 Å². The van der Waals surface area contributed by atoms with Crippen LogP contribution in [0.3, 0.4) is 0 Å². The normalized spacial score (nSPS) is 11.1. The lowest BCUT2D eigenvalue weighted by molar-refractivity contribution is -0.121. The minimum atomic E-state index is -0.0291. The van der Waals surface area contributed by atoms with Gasteiger partial charge in [0.1, 0.15) is 0 Å². The summed E-state index contributed by atoms with van der Waals surface area (Å²) in [5.74, 6) is 0.498. The highest BCUT2D eigenvalue weighted by atomic mass is 35.5. The van der Waals surface area contributed by atoms with Crippen molar-refractivity contribution in [2.45, 2.75) is 40.2 Å². The van der Waals surface area contributed by atoms with Gasteiger partial charge in [0.25, 0.3) is 0 Å². The zero-order valence-electron chi connectivity index (χ0n) is 19.3. The van der Waals surface area contributed by atoms with Crippen LogP contribution in [-0.2, 0) is 17.8 Å². The molecule has 0 aliphatic heterocycles. The molecule has 0 spiro atoms. The number of nitrogens with one attached hydrogen (secondary N) is 1. The van der Waals surface area contributed by atoms with Crippen molar-refractivity contribution in [3.8, 4) is 11.6 Å². The van der Waals surface area contributed by atoms with Crippen molar-refractivity contribution in [3.05, 3.63) is 81.5 Å². The summed E-state index contributed by atoms with van der Waals surface area (Å²) in [4.78, 5) is 17.3. The quantitative estimate of drug-likeness (QED) is 0.407. The number of halogens is 1. The lowest BCUT2D eigenvalue weighted by Crippen LogP contribution is -2.23. The summed E-state index contributed by atoms with van der Waals surface area (Å²) in [6.45, 7) is 6.55. The van der Waals surface area contributed by atoms with E-state index in [0.29, 0.717) is 30.3 Å². The Kier molecular flexibility index (Phi) is 6.65. The van der Waals surface area contributed by atoms with Gasteiger partial charge in [-0.05, 0) is 62.6 Å². The van der Waals surface area contributed by atoms with Gasteiger partial charge in [-0.25, -0.2) is 4.68 Å². The van der Waals surface area contributed by atoms with Crippen molar-refractivity contribution in [2.75, 3.05) is 7.11 Å². The predicted molar refractivity (Wildman–Crippen MR) is 131 cm³/mol. The van der Waals surface area contributed by atoms with Crippen LogP contribution in [0.2, 0.25) is 5.02 Å². The molecule has 33 heavy (non-hydrogen) atoms. The molecule has 1 amide bonds. The third-order valence-electron chi connectivity index (χ3n) is 5.81. The van der Waals surface area contributed by atoms with Gasteiger partial charge in [-0.3, -0.25) is 4.79 Å². The van der Waals surface area contributed by atoms with E-state index in [1.807, 2.05) is 54.9 Å². The number of benzene rings is 2. The number of nitrogens with zero attached hydrogens (tertiary/aromatic N) is 3. The lowest BCUT2D eigenvalue weighted by Gasteiger charge is -2.13. The van der Waals surface area contributed by atoms with Crippen molar-refractivity contribution in [2.24, 2.45) is 0 Å². The Morgan fingerprint density at radius 1 is 1.06 bits per heavy atom. The Labute approximate surface area is 198 Å². The minimum absolute atomic E-state index is 0.0291. The summed E-state index contributed by atoms with van der Waals surface area (Å²) in [6.07, 6.45) is 0.864. The molecular weight excluding hydrogens is 436 g/mol. The maximum Gasteiger partial charge on any atom is 0.220 e. The number of carbonyl (C=O) groups excluding carboxylic acids is 1. The Morgan fingerprint density at radius 2 is 1.76 bits per heavy atom. The molecule has 0 aliphatic carbocycles. The number of fused-ring (bicyclic) bond motifs is 1. The van der Waals surface area contributed by atoms with E-state index < -0.39 is 0 Å². The van der Waals surface area contributed by atoms with Gasteiger partial charge in [0.15, 0.2) is 5.65 Å². The topological polar surface area (TPSA) is 69.0 Å². The Hall–Kier alpha value is -3.38. The number of hydrogen-bond donors (Lipinski definition) is 1. The second-order valence-corrected chi connectivity index (χ2v) is 8.60. The van der Waals surface area contributed by atoms with Crippen LogP contribution in [0.5, 0.6) is 5.88 Å². The molecule has 1 N–H and O–H groups in total. The summed E-state index contributed by atoms with van der Waals surface area (Å²) in [7, 11) is 1.61. The van der Waals surface area contributed by atoms with E-state index in [4.69, 9.17) is 26.4 Å². The van der Waals surface area contributed by atoms with Crippen LogP contribution in [0, 0.1) is 20.8 Å². The second kappa shape index (κ2) is 9.63. The van der Waals surface area contributed by atoms with Crippen molar-refractivity contribution < 1.29 is 9.53 Å². The summed E-state index contributed by atoms with van der Waals surface area (Å²) < 4.78 is 7.48. The van der Waals surface area contributed by atoms with Crippen LogP contribution in [0.15, 0.2) is 48.5 Å². The average Bonchev–Trinajstić information content (AvgIpc) is 3.14. The van der Waals surface area contributed by atoms with Crippen LogP contribution in [0.1, 0.15) is 34.4 Å². The lowest BCUT2D eigenvalue weighted by atomic mass is 10.0. The fourth-order valence-electron chi connectivity index (χ4n) is 3.99. The first-order valence-electron chi connectivity index (χ1n) is 10.9. The zero-order valence-corrected chi connectivity index (χ0v) is 20.0. The van der Waals surface area contributed by atoms with E-state index in [9.17, 15) is 4.79 Å². The van der Waals surface area contributed by atoms with E-state index in [-0.39, 0.29) is 5.91 Å².